The van der Waals surface area contributed by atoms with E-state index in [-0.39, 0.29) is 17.2 Å². The molecular weight excluding hydrogens is 302 g/mol. The maximum Gasteiger partial charge on any atom is 0.424 e. The van der Waals surface area contributed by atoms with Crippen molar-refractivity contribution >= 4 is 11.3 Å². The minimum absolute atomic E-state index is 0.0750. The fraction of sp³-hybridized carbons (Fsp3) is 0.667. The summed E-state index contributed by atoms with van der Waals surface area (Å²) in [6.45, 7) is 9.06. The smallest absolute Gasteiger partial charge is 0.424 e. The Morgan fingerprint density at radius 1 is 1.13 bits per heavy atom. The quantitative estimate of drug-likeness (QED) is 0.780. The lowest BCUT2D eigenvalue weighted by atomic mass is 10.1. The lowest BCUT2D eigenvalue weighted by Crippen LogP contribution is -2.26. The van der Waals surface area contributed by atoms with Crippen LogP contribution in [0, 0.1) is 0 Å². The van der Waals surface area contributed by atoms with Gasteiger partial charge in [0, 0.05) is 6.54 Å². The third-order valence-electron chi connectivity index (χ3n) is 3.80. The van der Waals surface area contributed by atoms with Crippen LogP contribution >= 0.6 is 0 Å². The zero-order chi connectivity index (χ0) is 16.6. The molecule has 0 radical (unpaired) electrons. The van der Waals surface area contributed by atoms with Crippen molar-refractivity contribution in [3.05, 3.63) is 20.8 Å². The van der Waals surface area contributed by atoms with Gasteiger partial charge < -0.3 is 13.6 Å². The van der Waals surface area contributed by atoms with E-state index >= 15 is 0 Å². The monoisotopic (exact) mass is 323 g/mol. The molecule has 2 aromatic heterocycles. The molecule has 0 aliphatic carbocycles. The number of hydrogen-bond acceptors (Lipinski definition) is 7. The molecule has 1 saturated heterocycles. The molecule has 1 aliphatic heterocycles. The van der Waals surface area contributed by atoms with Crippen LogP contribution in [0.5, 0.6) is 5.88 Å². The summed E-state index contributed by atoms with van der Waals surface area (Å²) in [4.78, 5) is 25.2. The Morgan fingerprint density at radius 3 is 2.43 bits per heavy atom. The maximum atomic E-state index is 11.5. The van der Waals surface area contributed by atoms with Crippen molar-refractivity contribution in [1.82, 2.24) is 14.7 Å². The number of nitrogens with zero attached hydrogens (tertiary/aromatic N) is 3. The molecule has 1 aliphatic rings. The van der Waals surface area contributed by atoms with Crippen molar-refractivity contribution in [2.45, 2.75) is 39.2 Å². The first-order chi connectivity index (χ1) is 10.9. The third-order valence-corrected chi connectivity index (χ3v) is 3.80. The summed E-state index contributed by atoms with van der Waals surface area (Å²) >= 11 is 0. The van der Waals surface area contributed by atoms with E-state index in [1.165, 1.54) is 17.5 Å². The average Bonchev–Trinajstić information content (AvgIpc) is 3.08. The van der Waals surface area contributed by atoms with Crippen molar-refractivity contribution in [3.63, 3.8) is 0 Å². The van der Waals surface area contributed by atoms with E-state index < -0.39 is 16.8 Å². The Balaban J connectivity index is 1.91. The van der Waals surface area contributed by atoms with Crippen molar-refractivity contribution in [2.75, 3.05) is 26.2 Å². The molecule has 0 N–H and O–H groups in total. The number of aromatic nitrogens is 2. The second-order valence-electron chi connectivity index (χ2n) is 6.70. The highest BCUT2D eigenvalue weighted by Gasteiger charge is 2.26. The fourth-order valence-corrected chi connectivity index (χ4v) is 2.64. The summed E-state index contributed by atoms with van der Waals surface area (Å²) in [6.07, 6.45) is 2.42. The molecule has 3 heterocycles. The molecule has 0 atom stereocenters. The molecule has 126 valence electrons. The van der Waals surface area contributed by atoms with Gasteiger partial charge in [-0.15, -0.1) is 5.10 Å². The largest absolute Gasteiger partial charge is 0.473 e. The number of likely N-dealkylation sites (tertiary alicyclic amines) is 1. The first kappa shape index (κ1) is 15.8. The standard InChI is InChI=1S/C15H21N3O5/c1-15(2,3)18-12-10(22-13(19)14(20)23-12)11(16-18)21-9-8-17-6-4-5-7-17/h4-9H2,1-3H3. The van der Waals surface area contributed by atoms with Crippen molar-refractivity contribution in [2.24, 2.45) is 0 Å². The second-order valence-corrected chi connectivity index (χ2v) is 6.70. The van der Waals surface area contributed by atoms with E-state index in [9.17, 15) is 9.59 Å². The van der Waals surface area contributed by atoms with Crippen LogP contribution in [0.25, 0.3) is 11.3 Å². The van der Waals surface area contributed by atoms with E-state index in [1.807, 2.05) is 20.8 Å². The van der Waals surface area contributed by atoms with Crippen LogP contribution in [0.1, 0.15) is 33.6 Å². The Morgan fingerprint density at radius 2 is 1.78 bits per heavy atom. The summed E-state index contributed by atoms with van der Waals surface area (Å²) in [5.41, 5.74) is -2.38. The van der Waals surface area contributed by atoms with E-state index in [4.69, 9.17) is 13.6 Å². The van der Waals surface area contributed by atoms with Gasteiger partial charge in [0.1, 0.15) is 6.61 Å². The summed E-state index contributed by atoms with van der Waals surface area (Å²) in [7, 11) is 0. The number of hydrogen-bond donors (Lipinski definition) is 0. The molecule has 0 amide bonds. The van der Waals surface area contributed by atoms with Crippen LogP contribution < -0.4 is 16.0 Å². The van der Waals surface area contributed by atoms with Gasteiger partial charge >= 0.3 is 11.3 Å². The van der Waals surface area contributed by atoms with Gasteiger partial charge in [0.25, 0.3) is 17.2 Å². The van der Waals surface area contributed by atoms with E-state index in [1.54, 1.807) is 0 Å². The second kappa shape index (κ2) is 5.84. The molecule has 0 saturated carbocycles. The zero-order valence-electron chi connectivity index (χ0n) is 13.6. The SMILES string of the molecule is CC(C)(C)n1nc(OCCN2CCCC2)c2oc(=O)c(=O)oc21. The van der Waals surface area contributed by atoms with Gasteiger partial charge in [0.15, 0.2) is 0 Å². The molecule has 1 fully saturated rings. The van der Waals surface area contributed by atoms with Gasteiger partial charge in [0.05, 0.1) is 5.54 Å². The van der Waals surface area contributed by atoms with Gasteiger partial charge in [-0.25, -0.2) is 14.3 Å². The van der Waals surface area contributed by atoms with Crippen molar-refractivity contribution in [3.8, 4) is 5.88 Å². The van der Waals surface area contributed by atoms with Crippen LogP contribution in [-0.4, -0.2) is 40.9 Å². The van der Waals surface area contributed by atoms with Gasteiger partial charge in [-0.1, -0.05) is 0 Å². The first-order valence-corrected chi connectivity index (χ1v) is 7.79. The Labute approximate surface area is 132 Å². The minimum Gasteiger partial charge on any atom is -0.473 e. The molecule has 2 aromatic rings. The fourth-order valence-electron chi connectivity index (χ4n) is 2.64. The lowest BCUT2D eigenvalue weighted by Gasteiger charge is -2.18. The average molecular weight is 323 g/mol. The highest BCUT2D eigenvalue weighted by Crippen LogP contribution is 2.27. The predicted molar refractivity (Wildman–Crippen MR) is 83.0 cm³/mol. The highest BCUT2D eigenvalue weighted by molar-refractivity contribution is 5.72. The summed E-state index contributed by atoms with van der Waals surface area (Å²) in [5, 5.41) is 4.32. The van der Waals surface area contributed by atoms with Gasteiger partial charge in [0.2, 0.25) is 0 Å². The summed E-state index contributed by atoms with van der Waals surface area (Å²) < 4.78 is 17.3. The van der Waals surface area contributed by atoms with Crippen LogP contribution in [0.15, 0.2) is 18.4 Å². The minimum atomic E-state index is -1.06. The van der Waals surface area contributed by atoms with Gasteiger partial charge in [-0.05, 0) is 46.7 Å². The van der Waals surface area contributed by atoms with Gasteiger partial charge in [-0.3, -0.25) is 4.90 Å². The molecular formula is C15H21N3O5. The Kier molecular flexibility index (Phi) is 4.01. The Hall–Kier alpha value is -2.09. The molecule has 3 rings (SSSR count). The topological polar surface area (TPSA) is 90.7 Å². The highest BCUT2D eigenvalue weighted by atomic mass is 16.5. The molecule has 0 spiro atoms. The molecule has 23 heavy (non-hydrogen) atoms. The molecule has 0 aromatic carbocycles. The maximum absolute atomic E-state index is 11.5. The molecule has 0 bridgehead atoms. The van der Waals surface area contributed by atoms with Crippen LogP contribution in [-0.2, 0) is 5.54 Å². The number of fused-ring (bicyclic) bond motifs is 1. The van der Waals surface area contributed by atoms with Crippen LogP contribution in [0.3, 0.4) is 0 Å². The van der Waals surface area contributed by atoms with Crippen LogP contribution in [0.4, 0.5) is 0 Å². The Bertz CT molecular complexity index is 805. The normalized spacial score (nSPS) is 16.3. The van der Waals surface area contributed by atoms with Crippen molar-refractivity contribution in [1.29, 1.82) is 0 Å². The van der Waals surface area contributed by atoms with E-state index in [0.717, 1.165) is 19.6 Å². The molecule has 0 unspecified atom stereocenters. The number of rotatable bonds is 4. The number of ether oxygens (including phenoxy) is 1. The molecule has 8 nitrogen and oxygen atoms in total. The van der Waals surface area contributed by atoms with Gasteiger partial charge in [-0.2, -0.15) is 0 Å². The summed E-state index contributed by atoms with van der Waals surface area (Å²) in [5.74, 6) is 0.176. The van der Waals surface area contributed by atoms with Crippen molar-refractivity contribution < 1.29 is 13.6 Å². The van der Waals surface area contributed by atoms with E-state index in [0.29, 0.717) is 6.61 Å². The lowest BCUT2D eigenvalue weighted by molar-refractivity contribution is 0.226. The van der Waals surface area contributed by atoms with E-state index in [2.05, 4.69) is 10.00 Å². The van der Waals surface area contributed by atoms with Crippen LogP contribution in [0.2, 0.25) is 0 Å². The summed E-state index contributed by atoms with van der Waals surface area (Å²) in [6, 6.07) is 0. The first-order valence-electron chi connectivity index (χ1n) is 7.79. The zero-order valence-corrected chi connectivity index (χ0v) is 13.6. The molecule has 8 heteroatoms. The third kappa shape index (κ3) is 3.17. The predicted octanol–water partition coefficient (Wildman–Crippen LogP) is 1.17.